The fraction of sp³-hybridized carbons (Fsp3) is 0.750. The van der Waals surface area contributed by atoms with Crippen LogP contribution in [0.4, 0.5) is 5.82 Å². The normalized spacial score (nSPS) is 25.8. The number of nitrogens with zero attached hydrogens (tertiary/aromatic N) is 2. The summed E-state index contributed by atoms with van der Waals surface area (Å²) in [5, 5.41) is 4.59. The summed E-state index contributed by atoms with van der Waals surface area (Å²) in [5.41, 5.74) is 1.27. The number of hydrogen-bond donors (Lipinski definition) is 1. The Morgan fingerprint density at radius 1 is 1.19 bits per heavy atom. The maximum absolute atomic E-state index is 4.94. The van der Waals surface area contributed by atoms with Gasteiger partial charge in [0.25, 0.3) is 0 Å². The van der Waals surface area contributed by atoms with E-state index in [1.54, 1.807) is 0 Å². The van der Waals surface area contributed by atoms with Gasteiger partial charge in [0.1, 0.15) is 11.6 Å². The molecule has 0 amide bonds. The van der Waals surface area contributed by atoms with Gasteiger partial charge >= 0.3 is 0 Å². The molecule has 2 heterocycles. The summed E-state index contributed by atoms with van der Waals surface area (Å²) in [7, 11) is 0. The van der Waals surface area contributed by atoms with Gasteiger partial charge in [-0.3, -0.25) is 0 Å². The minimum Gasteiger partial charge on any atom is -0.370 e. The molecule has 1 aromatic rings. The first-order chi connectivity index (χ1) is 10.3. The number of nitrogens with one attached hydrogen (secondary N) is 1. The van der Waals surface area contributed by atoms with Crippen LogP contribution >= 0.6 is 23.5 Å². The highest BCUT2D eigenvalue weighted by atomic mass is 32.2. The molecule has 0 radical (unpaired) electrons. The summed E-state index contributed by atoms with van der Waals surface area (Å²) in [4.78, 5) is 9.79. The molecule has 1 saturated heterocycles. The van der Waals surface area contributed by atoms with Crippen LogP contribution in [0.3, 0.4) is 0 Å². The first kappa shape index (κ1) is 15.5. The van der Waals surface area contributed by atoms with Gasteiger partial charge in [-0.1, -0.05) is 13.8 Å². The summed E-state index contributed by atoms with van der Waals surface area (Å²) in [6.07, 6.45) is 4.93. The zero-order valence-corrected chi connectivity index (χ0v) is 14.6. The maximum Gasteiger partial charge on any atom is 0.145 e. The van der Waals surface area contributed by atoms with Crippen LogP contribution in [-0.2, 0) is 0 Å². The van der Waals surface area contributed by atoms with Crippen molar-refractivity contribution in [2.75, 3.05) is 23.4 Å². The van der Waals surface area contributed by atoms with E-state index in [1.165, 1.54) is 36.5 Å². The molecule has 116 valence electrons. The van der Waals surface area contributed by atoms with Crippen molar-refractivity contribution in [1.82, 2.24) is 9.97 Å². The molecular formula is C16H25N3S2. The van der Waals surface area contributed by atoms with Crippen molar-refractivity contribution >= 4 is 29.3 Å². The number of anilines is 1. The molecule has 0 bridgehead atoms. The molecule has 2 unspecified atom stereocenters. The van der Waals surface area contributed by atoms with E-state index >= 15 is 0 Å². The van der Waals surface area contributed by atoms with Gasteiger partial charge in [0.05, 0.1) is 5.25 Å². The average Bonchev–Trinajstić information content (AvgIpc) is 3.37. The van der Waals surface area contributed by atoms with Crippen LogP contribution in [0.1, 0.15) is 62.2 Å². The maximum atomic E-state index is 4.94. The zero-order chi connectivity index (χ0) is 14.7. The molecule has 0 aromatic carbocycles. The van der Waals surface area contributed by atoms with E-state index in [9.17, 15) is 0 Å². The van der Waals surface area contributed by atoms with Gasteiger partial charge in [0.15, 0.2) is 0 Å². The van der Waals surface area contributed by atoms with Crippen LogP contribution < -0.4 is 5.32 Å². The highest BCUT2D eigenvalue weighted by Gasteiger charge is 2.31. The summed E-state index contributed by atoms with van der Waals surface area (Å²) in [6, 6.07) is 2.18. The van der Waals surface area contributed by atoms with Crippen molar-refractivity contribution in [3.05, 3.63) is 17.6 Å². The highest BCUT2D eigenvalue weighted by Crippen LogP contribution is 2.45. The fourth-order valence-electron chi connectivity index (χ4n) is 2.69. The van der Waals surface area contributed by atoms with E-state index in [1.807, 2.05) is 11.8 Å². The molecule has 2 fully saturated rings. The third-order valence-electron chi connectivity index (χ3n) is 4.02. The summed E-state index contributed by atoms with van der Waals surface area (Å²) >= 11 is 4.15. The van der Waals surface area contributed by atoms with Gasteiger partial charge in [-0.25, -0.2) is 9.97 Å². The van der Waals surface area contributed by atoms with Crippen LogP contribution in [0.25, 0.3) is 0 Å². The van der Waals surface area contributed by atoms with E-state index in [4.69, 9.17) is 9.97 Å². The lowest BCUT2D eigenvalue weighted by Gasteiger charge is -2.29. The predicted molar refractivity (Wildman–Crippen MR) is 94.5 cm³/mol. The molecule has 2 atom stereocenters. The molecule has 1 N–H and O–H groups in total. The Morgan fingerprint density at radius 3 is 2.71 bits per heavy atom. The lowest BCUT2D eigenvalue weighted by molar-refractivity contribution is 0.740. The first-order valence-corrected chi connectivity index (χ1v) is 10.3. The Kier molecular flexibility index (Phi) is 5.33. The fourth-order valence-corrected chi connectivity index (χ4v) is 5.68. The van der Waals surface area contributed by atoms with Crippen molar-refractivity contribution in [1.29, 1.82) is 0 Å². The van der Waals surface area contributed by atoms with E-state index in [0.717, 1.165) is 24.6 Å². The SMILES string of the molecule is CCCNc1cc(C2CC2)nc(C2SCCSC2CC)n1. The van der Waals surface area contributed by atoms with E-state index in [-0.39, 0.29) is 0 Å². The molecule has 0 spiro atoms. The Bertz CT molecular complexity index is 477. The minimum atomic E-state index is 0.467. The summed E-state index contributed by atoms with van der Waals surface area (Å²) in [5.74, 6) is 5.29. The second kappa shape index (κ2) is 7.23. The van der Waals surface area contributed by atoms with E-state index in [2.05, 4.69) is 37.0 Å². The molecule has 1 aliphatic carbocycles. The quantitative estimate of drug-likeness (QED) is 0.835. The Morgan fingerprint density at radius 2 is 2.00 bits per heavy atom. The number of hydrogen-bond acceptors (Lipinski definition) is 5. The summed E-state index contributed by atoms with van der Waals surface area (Å²) in [6.45, 7) is 5.47. The lowest BCUT2D eigenvalue weighted by Crippen LogP contribution is -2.21. The molecule has 3 rings (SSSR count). The second-order valence-electron chi connectivity index (χ2n) is 5.85. The third-order valence-corrected chi connectivity index (χ3v) is 7.26. The molecular weight excluding hydrogens is 298 g/mol. The lowest BCUT2D eigenvalue weighted by atomic mass is 10.2. The zero-order valence-electron chi connectivity index (χ0n) is 13.0. The number of rotatable bonds is 6. The van der Waals surface area contributed by atoms with Gasteiger partial charge in [-0.15, -0.1) is 11.8 Å². The molecule has 5 heteroatoms. The van der Waals surface area contributed by atoms with Gasteiger partial charge < -0.3 is 5.32 Å². The Hall–Kier alpha value is -0.420. The topological polar surface area (TPSA) is 37.8 Å². The third kappa shape index (κ3) is 3.86. The van der Waals surface area contributed by atoms with Crippen molar-refractivity contribution in [2.24, 2.45) is 0 Å². The molecule has 1 aromatic heterocycles. The van der Waals surface area contributed by atoms with Crippen LogP contribution in [-0.4, -0.2) is 33.3 Å². The van der Waals surface area contributed by atoms with Gasteiger partial charge in [-0.05, 0) is 25.7 Å². The number of thioether (sulfide) groups is 2. The van der Waals surface area contributed by atoms with E-state index < -0.39 is 0 Å². The van der Waals surface area contributed by atoms with Crippen LogP contribution in [0.2, 0.25) is 0 Å². The van der Waals surface area contributed by atoms with Gasteiger partial charge in [0, 0.05) is 41.0 Å². The van der Waals surface area contributed by atoms with E-state index in [0.29, 0.717) is 16.4 Å². The molecule has 3 nitrogen and oxygen atoms in total. The van der Waals surface area contributed by atoms with Crippen LogP contribution in [0.15, 0.2) is 6.07 Å². The monoisotopic (exact) mass is 323 g/mol. The summed E-state index contributed by atoms with van der Waals surface area (Å²) < 4.78 is 0. The van der Waals surface area contributed by atoms with Crippen molar-refractivity contribution in [2.45, 2.75) is 55.9 Å². The van der Waals surface area contributed by atoms with Crippen molar-refractivity contribution in [3.63, 3.8) is 0 Å². The highest BCUT2D eigenvalue weighted by molar-refractivity contribution is 8.06. The Balaban J connectivity index is 1.86. The van der Waals surface area contributed by atoms with Crippen LogP contribution in [0, 0.1) is 0 Å². The molecule has 2 aliphatic rings. The van der Waals surface area contributed by atoms with Crippen molar-refractivity contribution in [3.8, 4) is 0 Å². The standard InChI is InChI=1S/C16H25N3S2/c1-3-7-17-14-10-12(11-5-6-11)18-16(19-14)15-13(4-2)20-8-9-21-15/h10-11,13,15H,3-9H2,1-2H3,(H,17,18,19). The molecule has 1 aliphatic heterocycles. The predicted octanol–water partition coefficient (Wildman–Crippen LogP) is 4.48. The average molecular weight is 324 g/mol. The van der Waals surface area contributed by atoms with Crippen LogP contribution in [0.5, 0.6) is 0 Å². The smallest absolute Gasteiger partial charge is 0.145 e. The van der Waals surface area contributed by atoms with Gasteiger partial charge in [-0.2, -0.15) is 11.8 Å². The first-order valence-electron chi connectivity index (χ1n) is 8.17. The second-order valence-corrected chi connectivity index (χ2v) is 8.44. The molecule has 21 heavy (non-hydrogen) atoms. The van der Waals surface area contributed by atoms with Gasteiger partial charge in [0.2, 0.25) is 0 Å². The Labute approximate surface area is 136 Å². The number of aromatic nitrogens is 2. The van der Waals surface area contributed by atoms with Crippen molar-refractivity contribution < 1.29 is 0 Å². The largest absolute Gasteiger partial charge is 0.370 e. The molecule has 1 saturated carbocycles. The minimum absolute atomic E-state index is 0.467.